The Hall–Kier alpha value is -0.0800. The number of hydrogen-bond acceptors (Lipinski definition) is 1. The van der Waals surface area contributed by atoms with Crippen LogP contribution in [0.4, 0.5) is 0 Å². The smallest absolute Gasteiger partial charge is 0.0757 e. The van der Waals surface area contributed by atoms with Gasteiger partial charge in [-0.3, -0.25) is 0 Å². The second-order valence-corrected chi connectivity index (χ2v) is 3.66. The van der Waals surface area contributed by atoms with Crippen molar-refractivity contribution in [1.29, 1.82) is 0 Å². The van der Waals surface area contributed by atoms with Gasteiger partial charge in [-0.25, -0.2) is 0 Å². The highest BCUT2D eigenvalue weighted by molar-refractivity contribution is 4.31. The summed E-state index contributed by atoms with van der Waals surface area (Å²) in [5.74, 6) is 0. The molecule has 0 unspecified atom stereocenters. The first-order chi connectivity index (χ1) is 5.97. The van der Waals surface area contributed by atoms with Gasteiger partial charge in [-0.05, 0) is 27.7 Å². The highest BCUT2D eigenvalue weighted by Gasteiger charge is 2.16. The fraction of sp³-hybridized carbons (Fsp3) is 1.00. The van der Waals surface area contributed by atoms with Crippen molar-refractivity contribution in [2.75, 3.05) is 26.2 Å². The summed E-state index contributed by atoms with van der Waals surface area (Å²) in [6.07, 6.45) is -0.417. The molecule has 0 heterocycles. The third-order valence-corrected chi connectivity index (χ3v) is 2.68. The van der Waals surface area contributed by atoms with Crippen molar-refractivity contribution in [2.45, 2.75) is 47.6 Å². The summed E-state index contributed by atoms with van der Waals surface area (Å²) >= 11 is 0. The Kier molecular flexibility index (Phi) is 10.1. The van der Waals surface area contributed by atoms with Crippen LogP contribution in [0.1, 0.15) is 41.5 Å². The number of quaternary nitrogens is 1. The van der Waals surface area contributed by atoms with Crippen molar-refractivity contribution in [3.8, 4) is 0 Å². The van der Waals surface area contributed by atoms with Crippen LogP contribution in [0.15, 0.2) is 0 Å². The Bertz CT molecular complexity index is 78.0. The molecule has 82 valence electrons. The summed E-state index contributed by atoms with van der Waals surface area (Å²) in [5, 5.41) is 9.53. The van der Waals surface area contributed by atoms with Gasteiger partial charge in [0.25, 0.3) is 0 Å². The molecule has 0 aromatic carbocycles. The Balaban J connectivity index is 0. The van der Waals surface area contributed by atoms with Gasteiger partial charge in [0.2, 0.25) is 0 Å². The van der Waals surface area contributed by atoms with Crippen LogP contribution in [0.25, 0.3) is 0 Å². The lowest BCUT2D eigenvalue weighted by atomic mass is 10.3. The van der Waals surface area contributed by atoms with Gasteiger partial charge in [0.1, 0.15) is 0 Å². The average Bonchev–Trinajstić information content (AvgIpc) is 2.09. The molecule has 2 nitrogen and oxygen atoms in total. The van der Waals surface area contributed by atoms with E-state index < -0.39 is 6.10 Å². The molecular weight excluding hydrogens is 162 g/mol. The number of hydrogen-bond donors (Lipinski definition) is 0. The van der Waals surface area contributed by atoms with Crippen LogP contribution in [0.5, 0.6) is 0 Å². The minimum atomic E-state index is -0.417. The third kappa shape index (κ3) is 8.26. The monoisotopic (exact) mass is 189 g/mol. The average molecular weight is 189 g/mol. The topological polar surface area (TPSA) is 23.1 Å². The summed E-state index contributed by atoms with van der Waals surface area (Å²) in [7, 11) is 0. The van der Waals surface area contributed by atoms with Crippen LogP contribution in [0.2, 0.25) is 0 Å². The minimum absolute atomic E-state index is 0.417. The maximum absolute atomic E-state index is 9.53. The lowest BCUT2D eigenvalue weighted by molar-refractivity contribution is -0.921. The molecule has 0 N–H and O–H groups in total. The second-order valence-electron chi connectivity index (χ2n) is 3.66. The maximum Gasteiger partial charge on any atom is 0.0757 e. The van der Waals surface area contributed by atoms with Crippen LogP contribution in [-0.2, 0) is 0 Å². The molecule has 0 saturated heterocycles. The minimum Gasteiger partial charge on any atom is -0.852 e. The molecule has 0 fully saturated rings. The molecule has 0 amide bonds. The van der Waals surface area contributed by atoms with Gasteiger partial charge >= 0.3 is 0 Å². The first-order valence-corrected chi connectivity index (χ1v) is 5.48. The molecule has 0 bridgehead atoms. The summed E-state index contributed by atoms with van der Waals surface area (Å²) < 4.78 is 1.28. The molecule has 2 heteroatoms. The lowest BCUT2D eigenvalue weighted by Gasteiger charge is -2.34. The molecule has 0 aliphatic carbocycles. The molecule has 13 heavy (non-hydrogen) atoms. The Labute approximate surface area is 84.2 Å². The predicted octanol–water partition coefficient (Wildman–Crippen LogP) is 1.64. The molecule has 0 saturated carbocycles. The number of rotatable bonds is 4. The molecule has 0 spiro atoms. The van der Waals surface area contributed by atoms with Gasteiger partial charge in [-0.1, -0.05) is 13.8 Å². The van der Waals surface area contributed by atoms with Gasteiger partial charge in [0.15, 0.2) is 0 Å². The van der Waals surface area contributed by atoms with Crippen molar-refractivity contribution in [3.63, 3.8) is 0 Å². The van der Waals surface area contributed by atoms with Crippen LogP contribution >= 0.6 is 0 Å². The fourth-order valence-corrected chi connectivity index (χ4v) is 1.34. The van der Waals surface area contributed by atoms with E-state index in [1.807, 2.05) is 0 Å². The summed E-state index contributed by atoms with van der Waals surface area (Å²) in [6, 6.07) is 0. The highest BCUT2D eigenvalue weighted by Crippen LogP contribution is 2.03. The number of nitrogens with zero attached hydrogens (tertiary/aromatic N) is 1. The SMILES string of the molecule is CC(C)[O-].CC[N+](CC)(CC)CC. The first-order valence-electron chi connectivity index (χ1n) is 5.48. The van der Waals surface area contributed by atoms with E-state index >= 15 is 0 Å². The Morgan fingerprint density at radius 3 is 1.00 bits per heavy atom. The van der Waals surface area contributed by atoms with Crippen LogP contribution in [-0.4, -0.2) is 36.8 Å². The lowest BCUT2D eigenvalue weighted by Crippen LogP contribution is -2.47. The predicted molar refractivity (Wildman–Crippen MR) is 57.6 cm³/mol. The van der Waals surface area contributed by atoms with E-state index in [1.165, 1.54) is 30.7 Å². The normalized spacial score (nSPS) is 11.1. The van der Waals surface area contributed by atoms with E-state index in [-0.39, 0.29) is 0 Å². The van der Waals surface area contributed by atoms with E-state index in [2.05, 4.69) is 27.7 Å². The zero-order valence-electron chi connectivity index (χ0n) is 10.3. The molecule has 0 aliphatic heterocycles. The molecule has 0 aromatic heterocycles. The van der Waals surface area contributed by atoms with Crippen LogP contribution in [0, 0.1) is 0 Å². The highest BCUT2D eigenvalue weighted by atomic mass is 16.3. The third-order valence-electron chi connectivity index (χ3n) is 2.68. The molecule has 0 aliphatic rings. The summed E-state index contributed by atoms with van der Waals surface area (Å²) in [5.41, 5.74) is 0. The van der Waals surface area contributed by atoms with Gasteiger partial charge < -0.3 is 9.59 Å². The van der Waals surface area contributed by atoms with E-state index in [0.717, 1.165) is 0 Å². The van der Waals surface area contributed by atoms with Crippen LogP contribution < -0.4 is 5.11 Å². The Morgan fingerprint density at radius 2 is 1.00 bits per heavy atom. The van der Waals surface area contributed by atoms with E-state index in [4.69, 9.17) is 0 Å². The van der Waals surface area contributed by atoms with E-state index in [1.54, 1.807) is 13.8 Å². The van der Waals surface area contributed by atoms with Gasteiger partial charge in [-0.15, -0.1) is 6.10 Å². The fourth-order valence-electron chi connectivity index (χ4n) is 1.34. The summed E-state index contributed by atoms with van der Waals surface area (Å²) in [4.78, 5) is 0. The molecule has 0 atom stereocenters. The Morgan fingerprint density at radius 1 is 0.846 bits per heavy atom. The molecule has 0 aromatic rings. The molecule has 0 rings (SSSR count). The zero-order chi connectivity index (χ0) is 10.9. The van der Waals surface area contributed by atoms with Crippen molar-refractivity contribution in [1.82, 2.24) is 0 Å². The molecular formula is C11H27NO. The van der Waals surface area contributed by atoms with Crippen molar-refractivity contribution in [3.05, 3.63) is 0 Å². The second kappa shape index (κ2) is 8.52. The van der Waals surface area contributed by atoms with Crippen molar-refractivity contribution >= 4 is 0 Å². The van der Waals surface area contributed by atoms with Gasteiger partial charge in [0, 0.05) is 0 Å². The van der Waals surface area contributed by atoms with Gasteiger partial charge in [0.05, 0.1) is 26.2 Å². The van der Waals surface area contributed by atoms with Crippen LogP contribution in [0.3, 0.4) is 0 Å². The van der Waals surface area contributed by atoms with E-state index in [9.17, 15) is 5.11 Å². The maximum atomic E-state index is 9.53. The largest absolute Gasteiger partial charge is 0.852 e. The standard InChI is InChI=1S/C8H20N.C3H7O/c1-5-9(6-2,7-3)8-4;1-3(2)4/h5-8H2,1-4H3;3H,1-2H3/q+1;-1. The molecule has 0 radical (unpaired) electrons. The summed E-state index contributed by atoms with van der Waals surface area (Å²) in [6.45, 7) is 17.4. The zero-order valence-corrected chi connectivity index (χ0v) is 10.3. The van der Waals surface area contributed by atoms with Crippen molar-refractivity contribution < 1.29 is 9.59 Å². The van der Waals surface area contributed by atoms with E-state index in [0.29, 0.717) is 0 Å². The quantitative estimate of drug-likeness (QED) is 0.617. The first kappa shape index (κ1) is 15.4. The van der Waals surface area contributed by atoms with Crippen molar-refractivity contribution in [2.24, 2.45) is 0 Å². The van der Waals surface area contributed by atoms with Gasteiger partial charge in [-0.2, -0.15) is 0 Å².